The topological polar surface area (TPSA) is 18.5 Å². The van der Waals surface area contributed by atoms with Crippen LogP contribution in [0.4, 0.5) is 0 Å². The Balaban J connectivity index is -0.000000980. The SMILES string of the molecule is C[CH-]CC(C)CCCOCOCCCC.[I-].[Mg+2]. The maximum Gasteiger partial charge on any atom is 2.00 e. The van der Waals surface area contributed by atoms with Crippen molar-refractivity contribution in [3.63, 3.8) is 0 Å². The number of hydrogen-bond donors (Lipinski definition) is 0. The molecule has 0 rings (SSSR count). The standard InChI is InChI=1S/C13H27O2.HI.Mg/c1-4-6-10-14-12-15-11-7-9-13(3)8-5-2;;/h5,13H,4,6-12H2,1-3H3;1H;/q-1;;+2/p-1. The van der Waals surface area contributed by atoms with Crippen LogP contribution in [0.15, 0.2) is 0 Å². The van der Waals surface area contributed by atoms with Gasteiger partial charge in [0.2, 0.25) is 0 Å². The van der Waals surface area contributed by atoms with Crippen LogP contribution in [0.3, 0.4) is 0 Å². The van der Waals surface area contributed by atoms with Gasteiger partial charge in [-0.3, -0.25) is 0 Å². The van der Waals surface area contributed by atoms with Crippen molar-refractivity contribution in [1.29, 1.82) is 0 Å². The molecule has 0 saturated carbocycles. The minimum Gasteiger partial charge on any atom is -1.00 e. The molecule has 0 aromatic carbocycles. The van der Waals surface area contributed by atoms with Crippen molar-refractivity contribution in [1.82, 2.24) is 0 Å². The molecule has 0 aromatic rings. The quantitative estimate of drug-likeness (QED) is 0.174. The Morgan fingerprint density at radius 1 is 1.12 bits per heavy atom. The minimum absolute atomic E-state index is 0. The summed E-state index contributed by atoms with van der Waals surface area (Å²) in [5.74, 6) is 0.791. The van der Waals surface area contributed by atoms with E-state index in [0.717, 1.165) is 32.0 Å². The summed E-state index contributed by atoms with van der Waals surface area (Å²) in [6.45, 7) is 8.70. The number of halogens is 1. The molecular formula is C13H27IMgO2. The van der Waals surface area contributed by atoms with Crippen LogP contribution in [0, 0.1) is 12.3 Å². The van der Waals surface area contributed by atoms with Crippen molar-refractivity contribution in [2.75, 3.05) is 20.0 Å². The van der Waals surface area contributed by atoms with Gasteiger partial charge in [-0.1, -0.05) is 32.6 Å². The van der Waals surface area contributed by atoms with E-state index in [4.69, 9.17) is 9.47 Å². The van der Waals surface area contributed by atoms with Crippen molar-refractivity contribution in [3.8, 4) is 0 Å². The molecule has 100 valence electrons. The second kappa shape index (κ2) is 19.7. The Kier molecular flexibility index (Phi) is 27.3. The molecule has 0 aliphatic carbocycles. The molecule has 1 unspecified atom stereocenters. The summed E-state index contributed by atoms with van der Waals surface area (Å²) in [7, 11) is 0. The molecule has 0 spiro atoms. The average molecular weight is 367 g/mol. The molecule has 0 bridgehead atoms. The zero-order valence-electron chi connectivity index (χ0n) is 11.7. The van der Waals surface area contributed by atoms with E-state index in [2.05, 4.69) is 27.2 Å². The molecule has 0 aromatic heterocycles. The predicted octanol–water partition coefficient (Wildman–Crippen LogP) is 0.431. The predicted molar refractivity (Wildman–Crippen MR) is 70.4 cm³/mol. The van der Waals surface area contributed by atoms with Crippen molar-refractivity contribution in [2.24, 2.45) is 5.92 Å². The first-order valence-electron chi connectivity index (χ1n) is 6.24. The van der Waals surface area contributed by atoms with E-state index in [-0.39, 0.29) is 47.0 Å². The normalized spacial score (nSPS) is 11.5. The van der Waals surface area contributed by atoms with Gasteiger partial charge in [-0.15, -0.1) is 0 Å². The fourth-order valence-electron chi connectivity index (χ4n) is 1.48. The molecule has 0 radical (unpaired) electrons. The van der Waals surface area contributed by atoms with Gasteiger partial charge in [0, 0.05) is 13.2 Å². The second-order valence-corrected chi connectivity index (χ2v) is 4.18. The van der Waals surface area contributed by atoms with Gasteiger partial charge in [-0.25, -0.2) is 0 Å². The average Bonchev–Trinajstić information content (AvgIpc) is 2.22. The number of rotatable bonds is 11. The molecule has 0 fully saturated rings. The first-order valence-corrected chi connectivity index (χ1v) is 6.24. The van der Waals surface area contributed by atoms with Gasteiger partial charge >= 0.3 is 23.1 Å². The Hall–Kier alpha value is 1.42. The Bertz CT molecular complexity index is 126. The molecule has 4 heteroatoms. The Morgan fingerprint density at radius 2 is 1.71 bits per heavy atom. The fourth-order valence-corrected chi connectivity index (χ4v) is 1.48. The van der Waals surface area contributed by atoms with Gasteiger partial charge in [-0.2, -0.15) is 13.3 Å². The van der Waals surface area contributed by atoms with Gasteiger partial charge in [0.05, 0.1) is 0 Å². The van der Waals surface area contributed by atoms with E-state index in [1.165, 1.54) is 19.3 Å². The van der Waals surface area contributed by atoms with Crippen LogP contribution >= 0.6 is 0 Å². The maximum atomic E-state index is 5.38. The third-order valence-corrected chi connectivity index (χ3v) is 2.43. The third kappa shape index (κ3) is 19.9. The summed E-state index contributed by atoms with van der Waals surface area (Å²) in [5.41, 5.74) is 0. The Morgan fingerprint density at radius 3 is 2.24 bits per heavy atom. The third-order valence-electron chi connectivity index (χ3n) is 2.43. The molecule has 1 atom stereocenters. The van der Waals surface area contributed by atoms with Crippen LogP contribution in [0.2, 0.25) is 0 Å². The number of unbranched alkanes of at least 4 members (excludes halogenated alkanes) is 1. The van der Waals surface area contributed by atoms with Crippen LogP contribution in [0.1, 0.15) is 52.9 Å². The summed E-state index contributed by atoms with van der Waals surface area (Å²) in [6.07, 6.45) is 8.16. The van der Waals surface area contributed by atoms with E-state index in [1.807, 2.05) is 0 Å². The summed E-state index contributed by atoms with van der Waals surface area (Å²) < 4.78 is 10.7. The first kappa shape index (κ1) is 23.5. The van der Waals surface area contributed by atoms with Gasteiger partial charge < -0.3 is 39.9 Å². The smallest absolute Gasteiger partial charge is 1.00 e. The monoisotopic (exact) mass is 366 g/mol. The van der Waals surface area contributed by atoms with E-state index >= 15 is 0 Å². The summed E-state index contributed by atoms with van der Waals surface area (Å²) in [4.78, 5) is 0. The van der Waals surface area contributed by atoms with Crippen molar-refractivity contribution in [3.05, 3.63) is 6.42 Å². The van der Waals surface area contributed by atoms with E-state index in [1.54, 1.807) is 0 Å². The molecule has 0 N–H and O–H groups in total. The largest absolute Gasteiger partial charge is 2.00 e. The van der Waals surface area contributed by atoms with E-state index < -0.39 is 0 Å². The van der Waals surface area contributed by atoms with E-state index in [0.29, 0.717) is 6.79 Å². The molecule has 0 heterocycles. The second-order valence-electron chi connectivity index (χ2n) is 4.18. The van der Waals surface area contributed by atoms with Crippen LogP contribution < -0.4 is 24.0 Å². The zero-order chi connectivity index (χ0) is 11.4. The fraction of sp³-hybridized carbons (Fsp3) is 0.923. The summed E-state index contributed by atoms with van der Waals surface area (Å²) in [6, 6.07) is 0. The van der Waals surface area contributed by atoms with Gasteiger partial charge in [0.1, 0.15) is 6.79 Å². The summed E-state index contributed by atoms with van der Waals surface area (Å²) >= 11 is 0. The summed E-state index contributed by atoms with van der Waals surface area (Å²) in [5, 5.41) is 0. The molecule has 0 aliphatic rings. The molecule has 0 saturated heterocycles. The van der Waals surface area contributed by atoms with Crippen LogP contribution in [0.25, 0.3) is 0 Å². The molecule has 0 amide bonds. The van der Waals surface area contributed by atoms with E-state index in [9.17, 15) is 0 Å². The zero-order valence-corrected chi connectivity index (χ0v) is 15.3. The van der Waals surface area contributed by atoms with Crippen molar-refractivity contribution in [2.45, 2.75) is 52.9 Å². The van der Waals surface area contributed by atoms with Gasteiger partial charge in [-0.05, 0) is 12.8 Å². The molecule has 0 aliphatic heterocycles. The van der Waals surface area contributed by atoms with Crippen molar-refractivity contribution < 1.29 is 33.5 Å². The number of ether oxygens (including phenoxy) is 2. The molecule has 2 nitrogen and oxygen atoms in total. The van der Waals surface area contributed by atoms with Gasteiger partial charge in [0.25, 0.3) is 0 Å². The number of hydrogen-bond acceptors (Lipinski definition) is 2. The van der Waals surface area contributed by atoms with Crippen LogP contribution in [-0.4, -0.2) is 43.1 Å². The maximum absolute atomic E-state index is 5.38. The van der Waals surface area contributed by atoms with Crippen molar-refractivity contribution >= 4 is 23.1 Å². The Labute approximate surface area is 141 Å². The van der Waals surface area contributed by atoms with Crippen LogP contribution in [0.5, 0.6) is 0 Å². The van der Waals surface area contributed by atoms with Crippen LogP contribution in [-0.2, 0) is 9.47 Å². The first-order chi connectivity index (χ1) is 7.31. The molecule has 17 heavy (non-hydrogen) atoms. The minimum atomic E-state index is 0. The molecular weight excluding hydrogens is 339 g/mol. The van der Waals surface area contributed by atoms with Gasteiger partial charge in [0.15, 0.2) is 0 Å².